The number of amides is 1. The van der Waals surface area contributed by atoms with Gasteiger partial charge in [-0.05, 0) is 38.1 Å². The largest absolute Gasteiger partial charge is 0.493 e. The van der Waals surface area contributed by atoms with Crippen molar-refractivity contribution in [3.63, 3.8) is 0 Å². The van der Waals surface area contributed by atoms with Crippen LogP contribution < -0.4 is 14.8 Å². The summed E-state index contributed by atoms with van der Waals surface area (Å²) in [5.41, 5.74) is 4.37. The first-order chi connectivity index (χ1) is 16.5. The van der Waals surface area contributed by atoms with Crippen LogP contribution in [0, 0.1) is 13.8 Å². The molecule has 5 aromatic rings. The summed E-state index contributed by atoms with van der Waals surface area (Å²) in [6, 6.07) is 14.9. The van der Waals surface area contributed by atoms with E-state index in [1.807, 2.05) is 48.7 Å². The maximum absolute atomic E-state index is 13.0. The van der Waals surface area contributed by atoms with E-state index in [0.29, 0.717) is 34.3 Å². The summed E-state index contributed by atoms with van der Waals surface area (Å²) in [5, 5.41) is 17.0. The fraction of sp³-hybridized carbons (Fsp3) is 0.208. The minimum absolute atomic E-state index is 0.0353. The molecule has 0 atom stereocenters. The number of benzene rings is 2. The number of ether oxygens (including phenoxy) is 2. The Labute approximate surface area is 195 Å². The van der Waals surface area contributed by atoms with E-state index >= 15 is 0 Å². The minimum atomic E-state index is -0.221. The quantitative estimate of drug-likeness (QED) is 0.416. The van der Waals surface area contributed by atoms with Crippen LogP contribution in [0.2, 0.25) is 0 Å². The SMILES string of the molecule is COc1ccc(NC(=O)Cn2c3ccccc3c3nnc(-n4nc(C)cc4C)nc32)cc1OC. The second-order valence-corrected chi connectivity index (χ2v) is 7.84. The Kier molecular flexibility index (Phi) is 5.33. The summed E-state index contributed by atoms with van der Waals surface area (Å²) < 4.78 is 14.1. The van der Waals surface area contributed by atoms with Crippen LogP contribution in [0.25, 0.3) is 28.0 Å². The molecular formula is C24H23N7O3. The van der Waals surface area contributed by atoms with Crippen molar-refractivity contribution < 1.29 is 14.3 Å². The van der Waals surface area contributed by atoms with E-state index in [2.05, 4.69) is 20.6 Å². The lowest BCUT2D eigenvalue weighted by molar-refractivity contribution is -0.116. The van der Waals surface area contributed by atoms with Crippen LogP contribution in [-0.2, 0) is 11.3 Å². The molecule has 2 aromatic carbocycles. The average molecular weight is 457 g/mol. The topological polar surface area (TPSA) is 109 Å². The molecule has 10 nitrogen and oxygen atoms in total. The summed E-state index contributed by atoms with van der Waals surface area (Å²) >= 11 is 0. The third-order valence-electron chi connectivity index (χ3n) is 5.53. The predicted molar refractivity (Wildman–Crippen MR) is 128 cm³/mol. The third kappa shape index (κ3) is 3.68. The molecule has 0 saturated heterocycles. The molecule has 3 heterocycles. The van der Waals surface area contributed by atoms with Gasteiger partial charge in [0, 0.05) is 22.8 Å². The van der Waals surface area contributed by atoms with Crippen LogP contribution in [0.15, 0.2) is 48.5 Å². The zero-order chi connectivity index (χ0) is 23.8. The highest BCUT2D eigenvalue weighted by Crippen LogP contribution is 2.30. The summed E-state index contributed by atoms with van der Waals surface area (Å²) in [6.45, 7) is 3.87. The standard InChI is InChI=1S/C24H23N7O3/c1-14-11-15(2)31(29-14)24-26-23-22(27-28-24)17-7-5-6-8-18(17)30(23)13-21(32)25-16-9-10-19(33-3)20(12-16)34-4/h5-12H,13H2,1-4H3,(H,25,32). The fourth-order valence-electron chi connectivity index (χ4n) is 4.03. The van der Waals surface area contributed by atoms with Gasteiger partial charge in [-0.3, -0.25) is 4.79 Å². The molecule has 172 valence electrons. The Morgan fingerprint density at radius 2 is 1.79 bits per heavy atom. The molecule has 0 unspecified atom stereocenters. The molecule has 0 fully saturated rings. The first kappa shape index (κ1) is 21.4. The number of rotatable bonds is 6. The Morgan fingerprint density at radius 3 is 2.53 bits per heavy atom. The van der Waals surface area contributed by atoms with Gasteiger partial charge in [-0.1, -0.05) is 18.2 Å². The number of carbonyl (C=O) groups is 1. The van der Waals surface area contributed by atoms with E-state index in [-0.39, 0.29) is 12.5 Å². The van der Waals surface area contributed by atoms with Gasteiger partial charge in [0.05, 0.1) is 25.4 Å². The van der Waals surface area contributed by atoms with Crippen molar-refractivity contribution in [2.75, 3.05) is 19.5 Å². The van der Waals surface area contributed by atoms with Gasteiger partial charge in [0.2, 0.25) is 5.91 Å². The molecule has 10 heteroatoms. The van der Waals surface area contributed by atoms with Crippen LogP contribution in [0.5, 0.6) is 11.5 Å². The Hall–Kier alpha value is -4.47. The zero-order valence-electron chi connectivity index (χ0n) is 19.2. The van der Waals surface area contributed by atoms with Crippen LogP contribution in [-0.4, -0.2) is 49.7 Å². The van der Waals surface area contributed by atoms with Gasteiger partial charge in [0.1, 0.15) is 12.1 Å². The van der Waals surface area contributed by atoms with Gasteiger partial charge in [0.15, 0.2) is 17.1 Å². The lowest BCUT2D eigenvalue weighted by Gasteiger charge is -2.11. The van der Waals surface area contributed by atoms with Gasteiger partial charge < -0.3 is 19.4 Å². The molecule has 0 bridgehead atoms. The van der Waals surface area contributed by atoms with Crippen LogP contribution >= 0.6 is 0 Å². The second kappa shape index (κ2) is 8.47. The van der Waals surface area contributed by atoms with E-state index in [4.69, 9.17) is 14.5 Å². The molecule has 0 spiro atoms. The van der Waals surface area contributed by atoms with Crippen LogP contribution in [0.1, 0.15) is 11.4 Å². The lowest BCUT2D eigenvalue weighted by Crippen LogP contribution is -2.19. The van der Waals surface area contributed by atoms with E-state index in [0.717, 1.165) is 22.3 Å². The summed E-state index contributed by atoms with van der Waals surface area (Å²) in [5.74, 6) is 1.24. The number of nitrogens with one attached hydrogen (secondary N) is 1. The fourth-order valence-corrected chi connectivity index (χ4v) is 4.03. The summed E-state index contributed by atoms with van der Waals surface area (Å²) in [6.07, 6.45) is 0. The molecular weight excluding hydrogens is 434 g/mol. The number of carbonyl (C=O) groups excluding carboxylic acids is 1. The average Bonchev–Trinajstić information content (AvgIpc) is 3.34. The van der Waals surface area contributed by atoms with Crippen molar-refractivity contribution in [2.45, 2.75) is 20.4 Å². The van der Waals surface area contributed by atoms with Crippen LogP contribution in [0.4, 0.5) is 5.69 Å². The van der Waals surface area contributed by atoms with Gasteiger partial charge >= 0.3 is 0 Å². The molecule has 0 aliphatic carbocycles. The van der Waals surface area contributed by atoms with E-state index in [1.165, 1.54) is 0 Å². The number of nitrogens with zero attached hydrogens (tertiary/aromatic N) is 6. The number of para-hydroxylation sites is 1. The Balaban J connectivity index is 1.54. The molecule has 0 aliphatic rings. The number of hydrogen-bond donors (Lipinski definition) is 1. The summed E-state index contributed by atoms with van der Waals surface area (Å²) in [7, 11) is 3.11. The predicted octanol–water partition coefficient (Wildman–Crippen LogP) is 3.44. The van der Waals surface area contributed by atoms with Gasteiger partial charge in [0.25, 0.3) is 5.95 Å². The van der Waals surface area contributed by atoms with Crippen molar-refractivity contribution in [3.8, 4) is 17.4 Å². The third-order valence-corrected chi connectivity index (χ3v) is 5.53. The highest BCUT2D eigenvalue weighted by Gasteiger charge is 2.18. The molecule has 1 N–H and O–H groups in total. The highest BCUT2D eigenvalue weighted by molar-refractivity contribution is 6.05. The molecule has 3 aromatic heterocycles. The van der Waals surface area contributed by atoms with Gasteiger partial charge in [-0.25, -0.2) is 4.68 Å². The molecule has 34 heavy (non-hydrogen) atoms. The number of methoxy groups -OCH3 is 2. The number of aromatic nitrogens is 6. The first-order valence-corrected chi connectivity index (χ1v) is 10.7. The van der Waals surface area contributed by atoms with Gasteiger partial charge in [-0.2, -0.15) is 10.1 Å². The minimum Gasteiger partial charge on any atom is -0.493 e. The van der Waals surface area contributed by atoms with Crippen molar-refractivity contribution in [2.24, 2.45) is 0 Å². The van der Waals surface area contributed by atoms with Crippen LogP contribution in [0.3, 0.4) is 0 Å². The zero-order valence-corrected chi connectivity index (χ0v) is 19.2. The molecule has 0 aliphatic heterocycles. The highest BCUT2D eigenvalue weighted by atomic mass is 16.5. The van der Waals surface area contributed by atoms with Crippen molar-refractivity contribution in [3.05, 3.63) is 59.9 Å². The Morgan fingerprint density at radius 1 is 1.00 bits per heavy atom. The van der Waals surface area contributed by atoms with Crippen molar-refractivity contribution in [1.82, 2.24) is 29.5 Å². The monoisotopic (exact) mass is 457 g/mol. The molecule has 0 saturated carbocycles. The lowest BCUT2D eigenvalue weighted by atomic mass is 10.2. The van der Waals surface area contributed by atoms with Crippen molar-refractivity contribution >= 4 is 33.7 Å². The second-order valence-electron chi connectivity index (χ2n) is 7.84. The summed E-state index contributed by atoms with van der Waals surface area (Å²) in [4.78, 5) is 17.8. The number of anilines is 1. The normalized spacial score (nSPS) is 11.2. The molecule has 5 rings (SSSR count). The molecule has 1 amide bonds. The maximum atomic E-state index is 13.0. The number of fused-ring (bicyclic) bond motifs is 3. The van der Waals surface area contributed by atoms with E-state index < -0.39 is 0 Å². The van der Waals surface area contributed by atoms with E-state index in [1.54, 1.807) is 37.1 Å². The first-order valence-electron chi connectivity index (χ1n) is 10.7. The maximum Gasteiger partial charge on any atom is 0.272 e. The van der Waals surface area contributed by atoms with Gasteiger partial charge in [-0.15, -0.1) is 10.2 Å². The number of aryl methyl sites for hydroxylation is 2. The molecule has 0 radical (unpaired) electrons. The van der Waals surface area contributed by atoms with E-state index in [9.17, 15) is 4.79 Å². The smallest absolute Gasteiger partial charge is 0.272 e. The van der Waals surface area contributed by atoms with Crippen molar-refractivity contribution in [1.29, 1.82) is 0 Å². The number of hydrogen-bond acceptors (Lipinski definition) is 7. The Bertz CT molecular complexity index is 1540.